The number of hydrogen-bond acceptors (Lipinski definition) is 8. The van der Waals surface area contributed by atoms with Gasteiger partial charge in [0.15, 0.2) is 11.5 Å². The van der Waals surface area contributed by atoms with Gasteiger partial charge in [-0.15, -0.1) is 11.3 Å². The van der Waals surface area contributed by atoms with E-state index in [1.54, 1.807) is 11.3 Å². The van der Waals surface area contributed by atoms with Crippen LogP contribution in [0.15, 0.2) is 18.2 Å². The molecule has 8 heteroatoms. The Labute approximate surface area is 186 Å². The second-order valence-electron chi connectivity index (χ2n) is 8.15. The molecule has 1 saturated heterocycles. The third-order valence-corrected chi connectivity index (χ3v) is 7.01. The molecule has 31 heavy (non-hydrogen) atoms. The number of morpholine rings is 1. The van der Waals surface area contributed by atoms with E-state index in [0.717, 1.165) is 78.3 Å². The Morgan fingerprint density at radius 1 is 1.03 bits per heavy atom. The van der Waals surface area contributed by atoms with Gasteiger partial charge in [-0.1, -0.05) is 6.07 Å². The Kier molecular flexibility index (Phi) is 5.69. The number of fused-ring (bicyclic) bond motifs is 2. The van der Waals surface area contributed by atoms with E-state index in [1.165, 1.54) is 10.4 Å². The Hall–Kier alpha value is -2.42. The molecule has 0 unspecified atom stereocenters. The van der Waals surface area contributed by atoms with Crippen molar-refractivity contribution < 1.29 is 14.2 Å². The molecule has 5 rings (SSSR count). The van der Waals surface area contributed by atoms with Gasteiger partial charge in [0.2, 0.25) is 0 Å². The average molecular weight is 441 g/mol. The maximum atomic E-state index is 5.76. The molecule has 0 aliphatic carbocycles. The zero-order valence-corrected chi connectivity index (χ0v) is 19.1. The van der Waals surface area contributed by atoms with Crippen molar-refractivity contribution in [2.24, 2.45) is 0 Å². The van der Waals surface area contributed by atoms with Crippen molar-refractivity contribution in [2.75, 3.05) is 51.5 Å². The lowest BCUT2D eigenvalue weighted by molar-refractivity contribution is 0.0331. The predicted molar refractivity (Wildman–Crippen MR) is 123 cm³/mol. The summed E-state index contributed by atoms with van der Waals surface area (Å²) in [6, 6.07) is 6.17. The van der Waals surface area contributed by atoms with Gasteiger partial charge in [-0.25, -0.2) is 9.97 Å². The van der Waals surface area contributed by atoms with E-state index in [4.69, 9.17) is 24.2 Å². The fourth-order valence-corrected chi connectivity index (χ4v) is 5.16. The van der Waals surface area contributed by atoms with Crippen LogP contribution in [0.3, 0.4) is 0 Å². The van der Waals surface area contributed by atoms with Crippen molar-refractivity contribution in [3.05, 3.63) is 40.0 Å². The lowest BCUT2D eigenvalue weighted by Gasteiger charge is -2.26. The van der Waals surface area contributed by atoms with Crippen molar-refractivity contribution in [1.29, 1.82) is 0 Å². The van der Waals surface area contributed by atoms with Gasteiger partial charge in [0, 0.05) is 31.6 Å². The molecule has 1 fully saturated rings. The van der Waals surface area contributed by atoms with Crippen molar-refractivity contribution in [2.45, 2.75) is 26.9 Å². The summed E-state index contributed by atoms with van der Waals surface area (Å²) >= 11 is 1.75. The van der Waals surface area contributed by atoms with Gasteiger partial charge in [-0.3, -0.25) is 4.90 Å². The number of nitrogens with zero attached hydrogens (tertiary/aromatic N) is 4. The monoisotopic (exact) mass is 440 g/mol. The number of thiophene rings is 1. The van der Waals surface area contributed by atoms with E-state index in [2.05, 4.69) is 42.8 Å². The topological polar surface area (TPSA) is 60.0 Å². The first kappa shape index (κ1) is 20.5. The molecule has 3 aromatic rings. The van der Waals surface area contributed by atoms with E-state index in [-0.39, 0.29) is 0 Å². The minimum atomic E-state index is 0.594. The van der Waals surface area contributed by atoms with Crippen LogP contribution in [0.5, 0.6) is 11.5 Å². The lowest BCUT2D eigenvalue weighted by atomic mass is 10.1. The van der Waals surface area contributed by atoms with Crippen LogP contribution in [0, 0.1) is 13.8 Å². The Morgan fingerprint density at radius 2 is 1.81 bits per heavy atom. The first-order chi connectivity index (χ1) is 15.1. The fourth-order valence-electron chi connectivity index (χ4n) is 4.11. The number of anilines is 1. The molecule has 0 radical (unpaired) electrons. The number of aromatic nitrogens is 2. The van der Waals surface area contributed by atoms with E-state index in [1.807, 2.05) is 6.07 Å². The SMILES string of the molecule is Cc1sc2nc(CN3CCOCC3)nc(N(C)Cc3ccc4c(c3)OCCO4)c2c1C. The standard InChI is InChI=1S/C23H28N4O3S/c1-15-16(2)31-23-21(15)22(24-20(25-23)14-27-6-8-28-9-7-27)26(3)13-17-4-5-18-19(12-17)30-11-10-29-18/h4-5,12H,6-11,13-14H2,1-3H3. The second-order valence-corrected chi connectivity index (χ2v) is 9.35. The molecule has 2 aliphatic rings. The first-order valence-electron chi connectivity index (χ1n) is 10.7. The summed E-state index contributed by atoms with van der Waals surface area (Å²) in [7, 11) is 2.10. The van der Waals surface area contributed by atoms with Crippen LogP contribution in [0.1, 0.15) is 21.8 Å². The van der Waals surface area contributed by atoms with Crippen molar-refractivity contribution in [3.8, 4) is 11.5 Å². The molecule has 1 aromatic carbocycles. The molecule has 0 spiro atoms. The summed E-state index contributed by atoms with van der Waals surface area (Å²) in [5, 5.41) is 1.16. The van der Waals surface area contributed by atoms with Gasteiger partial charge in [0.05, 0.1) is 25.1 Å². The number of aryl methyl sites for hydroxylation is 2. The highest BCUT2D eigenvalue weighted by atomic mass is 32.1. The second kappa shape index (κ2) is 8.61. The van der Waals surface area contributed by atoms with Crippen LogP contribution in [-0.4, -0.2) is 61.4 Å². The average Bonchev–Trinajstić information content (AvgIpc) is 3.07. The fraction of sp³-hybridized carbons (Fsp3) is 0.478. The summed E-state index contributed by atoms with van der Waals surface area (Å²) in [4.78, 5) is 16.9. The van der Waals surface area contributed by atoms with Gasteiger partial charge >= 0.3 is 0 Å². The zero-order valence-electron chi connectivity index (χ0n) is 18.3. The quantitative estimate of drug-likeness (QED) is 0.601. The summed E-state index contributed by atoms with van der Waals surface area (Å²) in [5.74, 6) is 3.50. The number of benzene rings is 1. The molecule has 164 valence electrons. The molecule has 4 heterocycles. The van der Waals surface area contributed by atoms with E-state index in [0.29, 0.717) is 13.2 Å². The van der Waals surface area contributed by atoms with Crippen LogP contribution in [-0.2, 0) is 17.8 Å². The molecule has 7 nitrogen and oxygen atoms in total. The Morgan fingerprint density at radius 3 is 2.61 bits per heavy atom. The smallest absolute Gasteiger partial charge is 0.161 e. The number of hydrogen-bond donors (Lipinski definition) is 0. The Balaban J connectivity index is 1.46. The van der Waals surface area contributed by atoms with Gasteiger partial charge < -0.3 is 19.1 Å². The third kappa shape index (κ3) is 4.20. The van der Waals surface area contributed by atoms with Crippen LogP contribution in [0.2, 0.25) is 0 Å². The maximum Gasteiger partial charge on any atom is 0.161 e. The van der Waals surface area contributed by atoms with Crippen LogP contribution in [0.4, 0.5) is 5.82 Å². The largest absolute Gasteiger partial charge is 0.486 e. The molecule has 0 bridgehead atoms. The summed E-state index contributed by atoms with van der Waals surface area (Å²) in [5.41, 5.74) is 2.43. The molecule has 0 N–H and O–H groups in total. The number of ether oxygens (including phenoxy) is 3. The van der Waals surface area contributed by atoms with E-state index >= 15 is 0 Å². The molecule has 2 aliphatic heterocycles. The highest BCUT2D eigenvalue weighted by molar-refractivity contribution is 7.18. The highest BCUT2D eigenvalue weighted by Crippen LogP contribution is 2.36. The third-order valence-electron chi connectivity index (χ3n) is 5.91. The van der Waals surface area contributed by atoms with Crippen LogP contribution >= 0.6 is 11.3 Å². The highest BCUT2D eigenvalue weighted by Gasteiger charge is 2.20. The predicted octanol–water partition coefficient (Wildman–Crippen LogP) is 3.55. The molecule has 0 atom stereocenters. The van der Waals surface area contributed by atoms with Gasteiger partial charge in [0.1, 0.15) is 29.7 Å². The van der Waals surface area contributed by atoms with Crippen molar-refractivity contribution >= 4 is 27.4 Å². The van der Waals surface area contributed by atoms with E-state index < -0.39 is 0 Å². The molecule has 2 aromatic heterocycles. The Bertz CT molecular complexity index is 1090. The van der Waals surface area contributed by atoms with Crippen molar-refractivity contribution in [3.63, 3.8) is 0 Å². The van der Waals surface area contributed by atoms with Crippen molar-refractivity contribution in [1.82, 2.24) is 14.9 Å². The first-order valence-corrected chi connectivity index (χ1v) is 11.6. The van der Waals surface area contributed by atoms with Gasteiger partial charge in [-0.05, 0) is 37.1 Å². The summed E-state index contributed by atoms with van der Waals surface area (Å²) < 4.78 is 16.9. The summed E-state index contributed by atoms with van der Waals surface area (Å²) in [6.07, 6.45) is 0. The van der Waals surface area contributed by atoms with Gasteiger partial charge in [-0.2, -0.15) is 0 Å². The minimum Gasteiger partial charge on any atom is -0.486 e. The lowest BCUT2D eigenvalue weighted by Crippen LogP contribution is -2.36. The minimum absolute atomic E-state index is 0.594. The maximum absolute atomic E-state index is 5.76. The van der Waals surface area contributed by atoms with E-state index in [9.17, 15) is 0 Å². The van der Waals surface area contributed by atoms with Crippen LogP contribution in [0.25, 0.3) is 10.2 Å². The van der Waals surface area contributed by atoms with Crippen LogP contribution < -0.4 is 14.4 Å². The molecular formula is C23H28N4O3S. The molecule has 0 saturated carbocycles. The normalized spacial score (nSPS) is 16.6. The molecule has 0 amide bonds. The zero-order chi connectivity index (χ0) is 21.4. The molecular weight excluding hydrogens is 412 g/mol. The number of rotatable bonds is 5. The summed E-state index contributed by atoms with van der Waals surface area (Å²) in [6.45, 7) is 10.4. The van der Waals surface area contributed by atoms with Gasteiger partial charge in [0.25, 0.3) is 0 Å².